The molecular weight excluding hydrogens is 283 g/mol. The van der Waals surface area contributed by atoms with E-state index >= 15 is 0 Å². The zero-order valence-corrected chi connectivity index (χ0v) is 12.0. The van der Waals surface area contributed by atoms with Crippen LogP contribution in [0, 0.1) is 0 Å². The third-order valence-electron chi connectivity index (χ3n) is 2.48. The number of hydrogen-bond donors (Lipinski definition) is 2. The molecule has 0 saturated heterocycles. The van der Waals surface area contributed by atoms with Crippen LogP contribution in [0.25, 0.3) is 0 Å². The van der Waals surface area contributed by atoms with Gasteiger partial charge in [0.15, 0.2) is 5.82 Å². The molecule has 1 aromatic carbocycles. The highest BCUT2D eigenvalue weighted by Gasteiger charge is 2.06. The smallest absolute Gasteiger partial charge is 0.224 e. The maximum atomic E-state index is 6.09. The average molecular weight is 297 g/mol. The zero-order chi connectivity index (χ0) is 13.7. The van der Waals surface area contributed by atoms with Gasteiger partial charge in [0.05, 0.1) is 6.20 Å². The van der Waals surface area contributed by atoms with Gasteiger partial charge in [-0.3, -0.25) is 0 Å². The molecule has 0 unspecified atom stereocenters. The second-order valence-electron chi connectivity index (χ2n) is 3.87. The molecule has 0 fully saturated rings. The van der Waals surface area contributed by atoms with Crippen LogP contribution in [0.1, 0.15) is 12.5 Å². The average Bonchev–Trinajstić information content (AvgIpc) is 2.41. The van der Waals surface area contributed by atoms with Gasteiger partial charge in [-0.15, -0.1) is 0 Å². The molecule has 2 aromatic rings. The van der Waals surface area contributed by atoms with Crippen molar-refractivity contribution in [1.29, 1.82) is 0 Å². The molecule has 0 spiro atoms. The van der Waals surface area contributed by atoms with Gasteiger partial charge in [-0.25, -0.2) is 4.98 Å². The molecule has 1 aromatic heterocycles. The van der Waals surface area contributed by atoms with E-state index in [0.717, 1.165) is 12.1 Å². The van der Waals surface area contributed by atoms with Gasteiger partial charge in [-0.2, -0.15) is 4.98 Å². The van der Waals surface area contributed by atoms with Crippen LogP contribution in [0.3, 0.4) is 0 Å². The summed E-state index contributed by atoms with van der Waals surface area (Å²) in [6.45, 7) is 3.29. The minimum Gasteiger partial charge on any atom is -0.365 e. The molecule has 2 N–H and O–H groups in total. The molecule has 0 bridgehead atoms. The predicted octanol–water partition coefficient (Wildman–Crippen LogP) is 3.83. The minimum absolute atomic E-state index is 0.480. The van der Waals surface area contributed by atoms with Gasteiger partial charge in [-0.1, -0.05) is 41.4 Å². The van der Waals surface area contributed by atoms with Gasteiger partial charge in [-0.05, 0) is 18.6 Å². The van der Waals surface area contributed by atoms with Crippen molar-refractivity contribution in [2.45, 2.75) is 13.5 Å². The van der Waals surface area contributed by atoms with Crippen LogP contribution in [-0.2, 0) is 6.54 Å². The van der Waals surface area contributed by atoms with Gasteiger partial charge in [0.1, 0.15) is 5.02 Å². The number of aromatic nitrogens is 2. The van der Waals surface area contributed by atoms with Crippen molar-refractivity contribution in [3.63, 3.8) is 0 Å². The first-order chi connectivity index (χ1) is 9.20. The fraction of sp³-hybridized carbons (Fsp3) is 0.231. The van der Waals surface area contributed by atoms with E-state index in [1.165, 1.54) is 0 Å². The molecule has 0 aliphatic carbocycles. The molecule has 0 atom stereocenters. The molecule has 0 amide bonds. The molecule has 100 valence electrons. The number of hydrogen-bond acceptors (Lipinski definition) is 4. The molecule has 19 heavy (non-hydrogen) atoms. The summed E-state index contributed by atoms with van der Waals surface area (Å²) in [6.07, 6.45) is 1.57. The van der Waals surface area contributed by atoms with Crippen LogP contribution >= 0.6 is 23.2 Å². The Balaban J connectivity index is 2.10. The van der Waals surface area contributed by atoms with Crippen LogP contribution in [-0.4, -0.2) is 16.5 Å². The van der Waals surface area contributed by atoms with Crippen LogP contribution in [0.4, 0.5) is 11.8 Å². The van der Waals surface area contributed by atoms with E-state index in [4.69, 9.17) is 23.2 Å². The highest BCUT2D eigenvalue weighted by Crippen LogP contribution is 2.21. The Morgan fingerprint density at radius 3 is 2.63 bits per heavy atom. The van der Waals surface area contributed by atoms with E-state index in [-0.39, 0.29) is 0 Å². The van der Waals surface area contributed by atoms with Crippen LogP contribution in [0.5, 0.6) is 0 Å². The lowest BCUT2D eigenvalue weighted by Gasteiger charge is -2.10. The molecule has 0 aliphatic rings. The van der Waals surface area contributed by atoms with E-state index in [9.17, 15) is 0 Å². The first-order valence-corrected chi connectivity index (χ1v) is 6.70. The van der Waals surface area contributed by atoms with E-state index < -0.39 is 0 Å². The van der Waals surface area contributed by atoms with E-state index in [1.807, 2.05) is 31.2 Å². The summed E-state index contributed by atoms with van der Waals surface area (Å²) in [6, 6.07) is 7.64. The number of anilines is 2. The van der Waals surface area contributed by atoms with Crippen molar-refractivity contribution in [2.75, 3.05) is 17.2 Å². The van der Waals surface area contributed by atoms with Crippen molar-refractivity contribution < 1.29 is 0 Å². The first-order valence-electron chi connectivity index (χ1n) is 5.94. The Labute approximate surface area is 122 Å². The lowest BCUT2D eigenvalue weighted by atomic mass is 10.2. The summed E-state index contributed by atoms with van der Waals surface area (Å²) in [5.41, 5.74) is 0.990. The summed E-state index contributed by atoms with van der Waals surface area (Å²) >= 11 is 12.1. The topological polar surface area (TPSA) is 49.8 Å². The highest BCUT2D eigenvalue weighted by atomic mass is 35.5. The SMILES string of the molecule is CCNc1ncc(Cl)c(NCc2ccccc2Cl)n1. The van der Waals surface area contributed by atoms with Crippen molar-refractivity contribution in [2.24, 2.45) is 0 Å². The van der Waals surface area contributed by atoms with Crippen molar-refractivity contribution in [3.05, 3.63) is 46.1 Å². The van der Waals surface area contributed by atoms with Gasteiger partial charge in [0.2, 0.25) is 5.95 Å². The summed E-state index contributed by atoms with van der Waals surface area (Å²) in [5.74, 6) is 1.14. The Bertz CT molecular complexity index is 560. The first kappa shape index (κ1) is 13.9. The number of benzene rings is 1. The largest absolute Gasteiger partial charge is 0.365 e. The quantitative estimate of drug-likeness (QED) is 0.880. The molecule has 1 heterocycles. The lowest BCUT2D eigenvalue weighted by molar-refractivity contribution is 1.05. The fourth-order valence-corrected chi connectivity index (χ4v) is 1.92. The Morgan fingerprint density at radius 2 is 1.89 bits per heavy atom. The van der Waals surface area contributed by atoms with E-state index in [1.54, 1.807) is 6.20 Å². The number of nitrogens with zero attached hydrogens (tertiary/aromatic N) is 2. The van der Waals surface area contributed by atoms with Crippen LogP contribution in [0.2, 0.25) is 10.0 Å². The second-order valence-corrected chi connectivity index (χ2v) is 4.68. The standard InChI is InChI=1S/C13H14Cl2N4/c1-2-16-13-18-8-11(15)12(19-13)17-7-9-5-3-4-6-10(9)14/h3-6,8H,2,7H2,1H3,(H2,16,17,18,19). The molecule has 0 aliphatic heterocycles. The maximum Gasteiger partial charge on any atom is 0.224 e. The summed E-state index contributed by atoms with van der Waals surface area (Å²) in [4.78, 5) is 8.38. The lowest BCUT2D eigenvalue weighted by Crippen LogP contribution is -2.07. The van der Waals surface area contributed by atoms with Crippen molar-refractivity contribution in [3.8, 4) is 0 Å². The van der Waals surface area contributed by atoms with Gasteiger partial charge in [0, 0.05) is 18.1 Å². The Hall–Kier alpha value is -1.52. The van der Waals surface area contributed by atoms with Crippen LogP contribution < -0.4 is 10.6 Å². The Kier molecular flexibility index (Phi) is 4.82. The molecule has 2 rings (SSSR count). The number of rotatable bonds is 5. The third kappa shape index (κ3) is 3.72. The van der Waals surface area contributed by atoms with Gasteiger partial charge in [0.25, 0.3) is 0 Å². The van der Waals surface area contributed by atoms with Crippen molar-refractivity contribution >= 4 is 35.0 Å². The van der Waals surface area contributed by atoms with E-state index in [0.29, 0.717) is 28.4 Å². The number of nitrogens with one attached hydrogen (secondary N) is 2. The third-order valence-corrected chi connectivity index (χ3v) is 3.13. The molecular formula is C13H14Cl2N4. The summed E-state index contributed by atoms with van der Waals surface area (Å²) in [5, 5.41) is 7.39. The molecule has 4 nitrogen and oxygen atoms in total. The molecule has 0 radical (unpaired) electrons. The normalized spacial score (nSPS) is 10.3. The minimum atomic E-state index is 0.480. The van der Waals surface area contributed by atoms with Gasteiger partial charge < -0.3 is 10.6 Å². The van der Waals surface area contributed by atoms with E-state index in [2.05, 4.69) is 20.6 Å². The maximum absolute atomic E-state index is 6.09. The van der Waals surface area contributed by atoms with Crippen molar-refractivity contribution in [1.82, 2.24) is 9.97 Å². The summed E-state index contributed by atoms with van der Waals surface area (Å²) in [7, 11) is 0. The highest BCUT2D eigenvalue weighted by molar-refractivity contribution is 6.33. The summed E-state index contributed by atoms with van der Waals surface area (Å²) < 4.78 is 0. The monoisotopic (exact) mass is 296 g/mol. The van der Waals surface area contributed by atoms with Gasteiger partial charge >= 0.3 is 0 Å². The molecule has 0 saturated carbocycles. The Morgan fingerprint density at radius 1 is 1.11 bits per heavy atom. The fourth-order valence-electron chi connectivity index (χ4n) is 1.56. The zero-order valence-electron chi connectivity index (χ0n) is 10.5. The predicted molar refractivity (Wildman–Crippen MR) is 80.0 cm³/mol. The molecule has 6 heteroatoms. The van der Waals surface area contributed by atoms with Crippen LogP contribution in [0.15, 0.2) is 30.5 Å². The second kappa shape index (κ2) is 6.59. The number of halogens is 2.